The van der Waals surface area contributed by atoms with E-state index in [1.165, 1.54) is 29.2 Å². The molecule has 0 spiro atoms. The van der Waals surface area contributed by atoms with Crippen LogP contribution in [0.15, 0.2) is 24.3 Å². The third-order valence-corrected chi connectivity index (χ3v) is 4.79. The lowest BCUT2D eigenvalue weighted by Crippen LogP contribution is -2.48. The fourth-order valence-corrected chi connectivity index (χ4v) is 3.49. The van der Waals surface area contributed by atoms with Crippen molar-refractivity contribution < 1.29 is 23.5 Å². The van der Waals surface area contributed by atoms with Crippen molar-refractivity contribution in [2.45, 2.75) is 51.2 Å². The van der Waals surface area contributed by atoms with E-state index >= 15 is 0 Å². The van der Waals surface area contributed by atoms with Crippen LogP contribution < -0.4 is 4.90 Å². The minimum absolute atomic E-state index is 0.0572. The summed E-state index contributed by atoms with van der Waals surface area (Å²) in [6, 6.07) is 4.37. The molecule has 0 aliphatic carbocycles. The second-order valence-corrected chi connectivity index (χ2v) is 6.69. The molecule has 2 aliphatic rings. The van der Waals surface area contributed by atoms with Gasteiger partial charge in [0.2, 0.25) is 11.8 Å². The molecule has 1 aromatic rings. The van der Waals surface area contributed by atoms with Crippen molar-refractivity contribution in [3.63, 3.8) is 0 Å². The number of benzene rings is 1. The number of imide groups is 1. The number of hydrogen-bond donors (Lipinski definition) is 0. The largest absolute Gasteiger partial charge is 0.376 e. The number of anilines is 1. The van der Waals surface area contributed by atoms with Gasteiger partial charge < -0.3 is 9.64 Å². The van der Waals surface area contributed by atoms with Crippen molar-refractivity contribution in [1.82, 2.24) is 4.90 Å². The predicted molar refractivity (Wildman–Crippen MR) is 92.9 cm³/mol. The molecule has 2 aliphatic heterocycles. The van der Waals surface area contributed by atoms with Crippen molar-refractivity contribution in [1.29, 1.82) is 0 Å². The van der Waals surface area contributed by atoms with Crippen LogP contribution in [0.4, 0.5) is 10.1 Å². The summed E-state index contributed by atoms with van der Waals surface area (Å²) in [5.74, 6) is -1.41. The van der Waals surface area contributed by atoms with Crippen molar-refractivity contribution in [3.05, 3.63) is 30.1 Å². The van der Waals surface area contributed by atoms with Gasteiger partial charge in [-0.05, 0) is 43.5 Å². The monoisotopic (exact) mass is 362 g/mol. The van der Waals surface area contributed by atoms with Gasteiger partial charge in [-0.15, -0.1) is 0 Å². The van der Waals surface area contributed by atoms with E-state index in [2.05, 4.69) is 0 Å². The lowest BCUT2D eigenvalue weighted by Gasteiger charge is -2.29. The first-order valence-electron chi connectivity index (χ1n) is 9.04. The van der Waals surface area contributed by atoms with Gasteiger partial charge >= 0.3 is 0 Å². The Bertz CT molecular complexity index is 685. The van der Waals surface area contributed by atoms with Crippen LogP contribution >= 0.6 is 0 Å². The van der Waals surface area contributed by atoms with Gasteiger partial charge in [-0.1, -0.05) is 6.92 Å². The van der Waals surface area contributed by atoms with E-state index in [-0.39, 0.29) is 24.3 Å². The molecule has 140 valence electrons. The minimum Gasteiger partial charge on any atom is -0.376 e. The van der Waals surface area contributed by atoms with Gasteiger partial charge in [-0.3, -0.25) is 14.4 Å². The van der Waals surface area contributed by atoms with E-state index in [1.807, 2.05) is 6.92 Å². The lowest BCUT2D eigenvalue weighted by molar-refractivity contribution is -0.140. The van der Waals surface area contributed by atoms with E-state index < -0.39 is 17.8 Å². The summed E-state index contributed by atoms with van der Waals surface area (Å²) in [6.45, 7) is 2.87. The molecular weight excluding hydrogens is 339 g/mol. The number of nitrogens with zero attached hydrogens (tertiary/aromatic N) is 2. The Morgan fingerprint density at radius 1 is 1.31 bits per heavy atom. The number of ether oxygens (including phenoxy) is 1. The van der Waals surface area contributed by atoms with Crippen LogP contribution in [0.2, 0.25) is 0 Å². The van der Waals surface area contributed by atoms with E-state index in [1.54, 1.807) is 0 Å². The molecule has 26 heavy (non-hydrogen) atoms. The first-order valence-corrected chi connectivity index (χ1v) is 9.04. The van der Waals surface area contributed by atoms with Crippen LogP contribution in [0, 0.1) is 5.82 Å². The molecule has 0 radical (unpaired) electrons. The predicted octanol–water partition coefficient (Wildman–Crippen LogP) is 2.27. The quantitative estimate of drug-likeness (QED) is 0.728. The molecule has 0 aromatic heterocycles. The van der Waals surface area contributed by atoms with Gasteiger partial charge in [0.05, 0.1) is 18.2 Å². The number of halogens is 1. The summed E-state index contributed by atoms with van der Waals surface area (Å²) in [4.78, 5) is 40.5. The Morgan fingerprint density at radius 3 is 2.65 bits per heavy atom. The van der Waals surface area contributed by atoms with Gasteiger partial charge in [0.15, 0.2) is 0 Å². The van der Waals surface area contributed by atoms with E-state index in [4.69, 9.17) is 4.74 Å². The highest BCUT2D eigenvalue weighted by atomic mass is 19.1. The average Bonchev–Trinajstić information content (AvgIpc) is 3.22. The second-order valence-electron chi connectivity index (χ2n) is 6.69. The molecular formula is C19H23FN2O4. The highest BCUT2D eigenvalue weighted by Crippen LogP contribution is 2.27. The zero-order chi connectivity index (χ0) is 18.7. The molecule has 2 heterocycles. The van der Waals surface area contributed by atoms with Crippen LogP contribution in [0.5, 0.6) is 0 Å². The third kappa shape index (κ3) is 3.77. The molecule has 2 unspecified atom stereocenters. The molecule has 0 bridgehead atoms. The lowest BCUT2D eigenvalue weighted by atomic mass is 10.1. The van der Waals surface area contributed by atoms with Gasteiger partial charge in [0.25, 0.3) is 5.91 Å². The molecule has 2 atom stereocenters. The van der Waals surface area contributed by atoms with Crippen LogP contribution in [0.1, 0.15) is 39.0 Å². The maximum Gasteiger partial charge on any atom is 0.257 e. The molecule has 2 fully saturated rings. The summed E-state index contributed by atoms with van der Waals surface area (Å²) in [6.07, 6.45) is 2.60. The zero-order valence-corrected chi connectivity index (χ0v) is 14.8. The van der Waals surface area contributed by atoms with Crippen LogP contribution in [0.25, 0.3) is 0 Å². The minimum atomic E-state index is -0.823. The molecule has 3 rings (SSSR count). The molecule has 3 amide bonds. The van der Waals surface area contributed by atoms with Gasteiger partial charge in [-0.2, -0.15) is 0 Å². The number of rotatable bonds is 6. The van der Waals surface area contributed by atoms with E-state index in [0.29, 0.717) is 31.7 Å². The van der Waals surface area contributed by atoms with Crippen molar-refractivity contribution in [3.8, 4) is 0 Å². The Labute approximate surface area is 151 Å². The number of carbonyl (C=O) groups is 3. The number of carbonyl (C=O) groups excluding carboxylic acids is 3. The maximum atomic E-state index is 13.1. The summed E-state index contributed by atoms with van der Waals surface area (Å²) >= 11 is 0. The highest BCUT2D eigenvalue weighted by Gasteiger charge is 2.44. The van der Waals surface area contributed by atoms with Crippen molar-refractivity contribution in [2.24, 2.45) is 0 Å². The van der Waals surface area contributed by atoms with Gasteiger partial charge in [0, 0.05) is 19.6 Å². The first-order chi connectivity index (χ1) is 12.5. The third-order valence-electron chi connectivity index (χ3n) is 4.79. The molecule has 6 nitrogen and oxygen atoms in total. The first kappa shape index (κ1) is 18.5. The summed E-state index contributed by atoms with van der Waals surface area (Å²) in [7, 11) is 0. The molecule has 1 aromatic carbocycles. The normalized spacial score (nSPS) is 22.9. The van der Waals surface area contributed by atoms with E-state index in [0.717, 1.165) is 17.7 Å². The second kappa shape index (κ2) is 7.95. The zero-order valence-electron chi connectivity index (χ0n) is 14.8. The van der Waals surface area contributed by atoms with Gasteiger partial charge in [0.1, 0.15) is 11.9 Å². The SMILES string of the molecule is CCCC(=O)N(CC1CCCO1)C1CC(=O)N(c2ccc(F)cc2)C1=O. The number of hydrogen-bond acceptors (Lipinski definition) is 4. The highest BCUT2D eigenvalue weighted by molar-refractivity contribution is 6.23. The van der Waals surface area contributed by atoms with Crippen molar-refractivity contribution in [2.75, 3.05) is 18.1 Å². The Morgan fingerprint density at radius 2 is 2.04 bits per heavy atom. The molecule has 2 saturated heterocycles. The van der Waals surface area contributed by atoms with Crippen LogP contribution in [-0.4, -0.2) is 47.9 Å². The molecule has 7 heteroatoms. The smallest absolute Gasteiger partial charge is 0.257 e. The Hall–Kier alpha value is -2.28. The van der Waals surface area contributed by atoms with Gasteiger partial charge in [-0.25, -0.2) is 9.29 Å². The summed E-state index contributed by atoms with van der Waals surface area (Å²) in [5, 5.41) is 0. The standard InChI is InChI=1S/C19H23FN2O4/c1-2-4-17(23)21(12-15-5-3-10-26-15)16-11-18(24)22(19(16)25)14-8-6-13(20)7-9-14/h6-9,15-16H,2-5,10-12H2,1H3. The fourth-order valence-electron chi connectivity index (χ4n) is 3.49. The fraction of sp³-hybridized carbons (Fsp3) is 0.526. The van der Waals surface area contributed by atoms with Crippen LogP contribution in [0.3, 0.4) is 0 Å². The topological polar surface area (TPSA) is 66.9 Å². The molecule has 0 saturated carbocycles. The summed E-state index contributed by atoms with van der Waals surface area (Å²) in [5.41, 5.74) is 0.323. The Kier molecular flexibility index (Phi) is 5.66. The molecule has 0 N–H and O–H groups in total. The Balaban J connectivity index is 1.81. The summed E-state index contributed by atoms with van der Waals surface area (Å²) < 4.78 is 18.7. The van der Waals surface area contributed by atoms with E-state index in [9.17, 15) is 18.8 Å². The maximum absolute atomic E-state index is 13.1. The number of amides is 3. The van der Waals surface area contributed by atoms with Crippen LogP contribution in [-0.2, 0) is 19.1 Å². The average molecular weight is 362 g/mol. The van der Waals surface area contributed by atoms with Crippen molar-refractivity contribution >= 4 is 23.4 Å².